The molecule has 1 aliphatic heterocycles. The second-order valence-electron chi connectivity index (χ2n) is 7.89. The van der Waals surface area contributed by atoms with Crippen molar-refractivity contribution < 1.29 is 19.1 Å². The minimum Gasteiger partial charge on any atom is -0.508 e. The van der Waals surface area contributed by atoms with Crippen LogP contribution in [-0.4, -0.2) is 30.3 Å². The number of phenols is 1. The molecule has 4 rings (SSSR count). The van der Waals surface area contributed by atoms with Gasteiger partial charge in [0.05, 0.1) is 11.8 Å². The fraction of sp³-hybridized carbons (Fsp3) is 0.333. The van der Waals surface area contributed by atoms with Crippen LogP contribution in [0.5, 0.6) is 5.75 Å². The molecule has 0 radical (unpaired) electrons. The lowest BCUT2D eigenvalue weighted by Gasteiger charge is -2.11. The summed E-state index contributed by atoms with van der Waals surface area (Å²) >= 11 is 0. The summed E-state index contributed by atoms with van der Waals surface area (Å²) in [5.41, 5.74) is 2.88. The van der Waals surface area contributed by atoms with Gasteiger partial charge in [-0.1, -0.05) is 26.0 Å². The zero-order valence-electron chi connectivity index (χ0n) is 17.2. The van der Waals surface area contributed by atoms with Crippen LogP contribution in [-0.2, 0) is 4.74 Å². The fourth-order valence-electron chi connectivity index (χ4n) is 3.53. The van der Waals surface area contributed by atoms with Gasteiger partial charge in [-0.3, -0.25) is 4.79 Å². The molecule has 1 aromatic heterocycles. The smallest absolute Gasteiger partial charge is 0.256 e. The first-order valence-corrected chi connectivity index (χ1v) is 10.3. The van der Waals surface area contributed by atoms with Gasteiger partial charge in [-0.15, -0.1) is 0 Å². The number of ether oxygens (including phenoxy) is 1. The molecular formula is C24H26N2O4. The number of fused-ring (bicyclic) bond motifs is 1. The number of nitrogens with one attached hydrogen (secondary N) is 1. The van der Waals surface area contributed by atoms with E-state index < -0.39 is 0 Å². The van der Waals surface area contributed by atoms with Gasteiger partial charge >= 0.3 is 0 Å². The largest absolute Gasteiger partial charge is 0.508 e. The highest BCUT2D eigenvalue weighted by Crippen LogP contribution is 2.22. The van der Waals surface area contributed by atoms with Crippen LogP contribution >= 0.6 is 0 Å². The van der Waals surface area contributed by atoms with Crippen LogP contribution in [0.4, 0.5) is 5.69 Å². The van der Waals surface area contributed by atoms with E-state index in [-0.39, 0.29) is 23.3 Å². The molecule has 1 fully saturated rings. The molecular weight excluding hydrogens is 380 g/mol. The number of carbonyl (C=O) groups excluding carboxylic acids is 1. The van der Waals surface area contributed by atoms with Gasteiger partial charge < -0.3 is 19.6 Å². The zero-order valence-corrected chi connectivity index (χ0v) is 17.2. The highest BCUT2D eigenvalue weighted by Gasteiger charge is 2.18. The number of nitrogens with zero attached hydrogens (tertiary/aromatic N) is 1. The van der Waals surface area contributed by atoms with Crippen LogP contribution in [0.1, 0.15) is 48.5 Å². The molecule has 1 atom stereocenters. The Bertz CT molecular complexity index is 1130. The highest BCUT2D eigenvalue weighted by atomic mass is 16.5. The van der Waals surface area contributed by atoms with Crippen molar-refractivity contribution in [3.63, 3.8) is 0 Å². The average Bonchev–Trinajstić information content (AvgIpc) is 3.25. The van der Waals surface area contributed by atoms with Crippen LogP contribution in [0.2, 0.25) is 0 Å². The van der Waals surface area contributed by atoms with Gasteiger partial charge in [0.25, 0.3) is 5.91 Å². The third-order valence-corrected chi connectivity index (χ3v) is 5.26. The minimum absolute atomic E-state index is 0.0476. The molecule has 2 aromatic carbocycles. The van der Waals surface area contributed by atoms with Crippen molar-refractivity contribution in [3.05, 3.63) is 65.2 Å². The van der Waals surface area contributed by atoms with Crippen molar-refractivity contribution in [3.8, 4) is 5.75 Å². The highest BCUT2D eigenvalue weighted by molar-refractivity contribution is 5.96. The number of hydrogen-bond acceptors (Lipinski definition) is 5. The van der Waals surface area contributed by atoms with Gasteiger partial charge in [0.15, 0.2) is 0 Å². The molecule has 6 heteroatoms. The number of benzene rings is 2. The number of amides is 1. The zero-order chi connectivity index (χ0) is 21.1. The van der Waals surface area contributed by atoms with E-state index in [0.29, 0.717) is 34.7 Å². The van der Waals surface area contributed by atoms with E-state index >= 15 is 0 Å². The number of carbonyl (C=O) groups is 1. The van der Waals surface area contributed by atoms with Crippen molar-refractivity contribution in [1.82, 2.24) is 5.32 Å². The van der Waals surface area contributed by atoms with Crippen molar-refractivity contribution in [2.75, 3.05) is 13.2 Å². The summed E-state index contributed by atoms with van der Waals surface area (Å²) < 4.78 is 11.5. The number of aromatic hydroxyl groups is 1. The molecule has 1 amide bonds. The summed E-state index contributed by atoms with van der Waals surface area (Å²) in [7, 11) is 0. The Morgan fingerprint density at radius 3 is 2.87 bits per heavy atom. The van der Waals surface area contributed by atoms with Crippen LogP contribution in [0.25, 0.3) is 11.0 Å². The fourth-order valence-corrected chi connectivity index (χ4v) is 3.53. The first kappa shape index (κ1) is 20.2. The van der Waals surface area contributed by atoms with Crippen LogP contribution in [0.15, 0.2) is 57.9 Å². The summed E-state index contributed by atoms with van der Waals surface area (Å²) in [5, 5.41) is 13.5. The predicted octanol–water partition coefficient (Wildman–Crippen LogP) is 4.40. The molecule has 2 heterocycles. The summed E-state index contributed by atoms with van der Waals surface area (Å²) in [4.78, 5) is 17.6. The van der Waals surface area contributed by atoms with Crippen LogP contribution < -0.4 is 10.9 Å². The molecule has 6 nitrogen and oxygen atoms in total. The molecule has 0 spiro atoms. The van der Waals surface area contributed by atoms with Gasteiger partial charge in [-0.05, 0) is 54.7 Å². The standard InChI is InChI=1S/C24H26N2O4/c1-15(2)16-5-3-6-18(11-16)26-24-21(23(28)25-14-20-7-4-10-29-20)12-17-8-9-19(27)13-22(17)30-24/h3,5-6,8-9,11-13,15,20,27H,4,7,10,14H2,1-2H3,(H,25,28)/t20-/m0/s1. The topological polar surface area (TPSA) is 84.1 Å². The Labute approximate surface area is 175 Å². The first-order chi connectivity index (χ1) is 14.5. The maximum Gasteiger partial charge on any atom is 0.256 e. The first-order valence-electron chi connectivity index (χ1n) is 10.3. The second kappa shape index (κ2) is 8.71. The third kappa shape index (κ3) is 4.54. The lowest BCUT2D eigenvalue weighted by atomic mass is 10.0. The van der Waals surface area contributed by atoms with Gasteiger partial charge in [-0.2, -0.15) is 0 Å². The summed E-state index contributed by atoms with van der Waals surface area (Å²) in [5.74, 6) is 0.192. The SMILES string of the molecule is CC(C)c1cccc(N=c2oc3cc(O)ccc3cc2C(=O)NC[C@@H]2CCCO2)c1. The number of hydrogen-bond donors (Lipinski definition) is 2. The molecule has 30 heavy (non-hydrogen) atoms. The second-order valence-corrected chi connectivity index (χ2v) is 7.89. The van der Waals surface area contributed by atoms with Crippen molar-refractivity contribution >= 4 is 22.6 Å². The van der Waals surface area contributed by atoms with E-state index in [4.69, 9.17) is 9.15 Å². The maximum absolute atomic E-state index is 13.0. The van der Waals surface area contributed by atoms with E-state index in [1.54, 1.807) is 18.2 Å². The van der Waals surface area contributed by atoms with Gasteiger partial charge in [0.2, 0.25) is 5.55 Å². The Hall–Kier alpha value is -3.12. The van der Waals surface area contributed by atoms with E-state index in [1.807, 2.05) is 18.2 Å². The Kier molecular flexibility index (Phi) is 5.86. The predicted molar refractivity (Wildman–Crippen MR) is 115 cm³/mol. The number of phenolic OH excluding ortho intramolecular Hbond substituents is 1. The Balaban J connectivity index is 1.76. The molecule has 2 N–H and O–H groups in total. The van der Waals surface area contributed by atoms with Crippen LogP contribution in [0.3, 0.4) is 0 Å². The minimum atomic E-state index is -0.261. The molecule has 0 bridgehead atoms. The third-order valence-electron chi connectivity index (χ3n) is 5.26. The monoisotopic (exact) mass is 406 g/mol. The van der Waals surface area contributed by atoms with E-state index in [0.717, 1.165) is 25.0 Å². The quantitative estimate of drug-likeness (QED) is 0.658. The number of rotatable bonds is 5. The van der Waals surface area contributed by atoms with Gasteiger partial charge in [-0.25, -0.2) is 4.99 Å². The lowest BCUT2D eigenvalue weighted by molar-refractivity contribution is 0.0854. The summed E-state index contributed by atoms with van der Waals surface area (Å²) in [6.07, 6.45) is 2.01. The molecule has 0 aliphatic carbocycles. The van der Waals surface area contributed by atoms with Gasteiger partial charge in [0, 0.05) is 24.6 Å². The molecule has 1 saturated heterocycles. The molecule has 156 valence electrons. The molecule has 3 aromatic rings. The normalized spacial score (nSPS) is 17.0. The average molecular weight is 406 g/mol. The Morgan fingerprint density at radius 2 is 2.10 bits per heavy atom. The molecule has 1 aliphatic rings. The Morgan fingerprint density at radius 1 is 1.23 bits per heavy atom. The van der Waals surface area contributed by atoms with Crippen molar-refractivity contribution in [2.45, 2.75) is 38.7 Å². The van der Waals surface area contributed by atoms with E-state index in [9.17, 15) is 9.90 Å². The van der Waals surface area contributed by atoms with E-state index in [2.05, 4.69) is 30.2 Å². The molecule has 0 saturated carbocycles. The molecule has 0 unspecified atom stereocenters. The summed E-state index contributed by atoms with van der Waals surface area (Å²) in [6, 6.07) is 14.4. The van der Waals surface area contributed by atoms with Crippen molar-refractivity contribution in [1.29, 1.82) is 0 Å². The lowest BCUT2D eigenvalue weighted by Crippen LogP contribution is -2.34. The summed E-state index contributed by atoms with van der Waals surface area (Å²) in [6.45, 7) is 5.43. The maximum atomic E-state index is 13.0. The van der Waals surface area contributed by atoms with Crippen molar-refractivity contribution in [2.24, 2.45) is 4.99 Å². The van der Waals surface area contributed by atoms with Gasteiger partial charge in [0.1, 0.15) is 16.9 Å². The van der Waals surface area contributed by atoms with E-state index in [1.165, 1.54) is 6.07 Å². The van der Waals surface area contributed by atoms with Crippen LogP contribution in [0, 0.1) is 0 Å².